The molecule has 0 atom stereocenters. The maximum Gasteiger partial charge on any atom is 0.257 e. The normalized spacial score (nSPS) is 10.2. The van der Waals surface area contributed by atoms with Gasteiger partial charge in [0, 0.05) is 31.8 Å². The van der Waals surface area contributed by atoms with Gasteiger partial charge in [-0.05, 0) is 66.7 Å². The molecule has 0 aromatic heterocycles. The third-order valence-corrected chi connectivity index (χ3v) is 5.20. The molecular weight excluding hydrogens is 462 g/mol. The van der Waals surface area contributed by atoms with Crippen molar-refractivity contribution in [3.8, 4) is 11.5 Å². The summed E-state index contributed by atoms with van der Waals surface area (Å²) in [6, 6.07) is 24.0. The molecule has 8 heteroatoms. The summed E-state index contributed by atoms with van der Waals surface area (Å²) in [6.45, 7) is 0.729. The fourth-order valence-corrected chi connectivity index (χ4v) is 3.39. The Balaban J connectivity index is 1.47. The Morgan fingerprint density at radius 1 is 0.857 bits per heavy atom. The number of nitrogens with one attached hydrogen (secondary N) is 2. The largest absolute Gasteiger partial charge is 0.490 e. The van der Waals surface area contributed by atoms with E-state index in [2.05, 4.69) is 10.6 Å². The topological polar surface area (TPSA) is 79.9 Å². The third kappa shape index (κ3) is 8.75. The fraction of sp³-hybridized carbons (Fsp3) is 0.222. The molecule has 0 aliphatic rings. The SMILES string of the molecule is CN(C)C(=O)CCc1cccc(NC(=S)NC(=O)c2cccc(OCCOc3ccccc3)c2)c1. The Kier molecular flexibility index (Phi) is 9.62. The first-order valence-corrected chi connectivity index (χ1v) is 11.6. The lowest BCUT2D eigenvalue weighted by Gasteiger charge is -2.13. The summed E-state index contributed by atoms with van der Waals surface area (Å²) in [5.41, 5.74) is 2.16. The van der Waals surface area contributed by atoms with Crippen molar-refractivity contribution in [2.45, 2.75) is 12.8 Å². The molecule has 182 valence electrons. The number of anilines is 1. The van der Waals surface area contributed by atoms with Crippen LogP contribution in [0.4, 0.5) is 5.69 Å². The number of amides is 2. The molecule has 0 aliphatic heterocycles. The minimum atomic E-state index is -0.346. The van der Waals surface area contributed by atoms with E-state index in [-0.39, 0.29) is 16.9 Å². The maximum atomic E-state index is 12.7. The van der Waals surface area contributed by atoms with E-state index in [4.69, 9.17) is 21.7 Å². The molecule has 0 aliphatic carbocycles. The molecule has 0 spiro atoms. The second kappa shape index (κ2) is 13.1. The smallest absolute Gasteiger partial charge is 0.257 e. The quantitative estimate of drug-likeness (QED) is 0.325. The Morgan fingerprint density at radius 3 is 2.29 bits per heavy atom. The summed E-state index contributed by atoms with van der Waals surface area (Å²) in [5, 5.41) is 5.89. The Hall–Kier alpha value is -3.91. The zero-order chi connectivity index (χ0) is 25.0. The Morgan fingerprint density at radius 2 is 1.54 bits per heavy atom. The molecule has 3 aromatic carbocycles. The van der Waals surface area contributed by atoms with Gasteiger partial charge in [0.05, 0.1) is 0 Å². The van der Waals surface area contributed by atoms with E-state index in [1.54, 1.807) is 43.3 Å². The summed E-state index contributed by atoms with van der Waals surface area (Å²) >= 11 is 5.31. The number of benzene rings is 3. The highest BCUT2D eigenvalue weighted by Crippen LogP contribution is 2.15. The molecule has 2 amide bonds. The van der Waals surface area contributed by atoms with E-state index in [1.165, 1.54) is 0 Å². The number of hydrogen-bond acceptors (Lipinski definition) is 5. The molecule has 2 N–H and O–H groups in total. The zero-order valence-corrected chi connectivity index (χ0v) is 20.6. The predicted molar refractivity (Wildman–Crippen MR) is 141 cm³/mol. The Bertz CT molecular complexity index is 1150. The highest BCUT2D eigenvalue weighted by Gasteiger charge is 2.10. The summed E-state index contributed by atoms with van der Waals surface area (Å²) < 4.78 is 11.3. The lowest BCUT2D eigenvalue weighted by Crippen LogP contribution is -2.34. The van der Waals surface area contributed by atoms with Gasteiger partial charge in [0.1, 0.15) is 24.7 Å². The van der Waals surface area contributed by atoms with Crippen molar-refractivity contribution in [3.05, 3.63) is 90.0 Å². The summed E-state index contributed by atoms with van der Waals surface area (Å²) in [4.78, 5) is 26.1. The van der Waals surface area contributed by atoms with Gasteiger partial charge in [-0.1, -0.05) is 36.4 Å². The molecule has 0 saturated heterocycles. The number of thiocarbonyl (C=S) groups is 1. The highest BCUT2D eigenvalue weighted by molar-refractivity contribution is 7.80. The number of nitrogens with zero attached hydrogens (tertiary/aromatic N) is 1. The van der Waals surface area contributed by atoms with Crippen LogP contribution in [-0.2, 0) is 11.2 Å². The van der Waals surface area contributed by atoms with Crippen LogP contribution in [0, 0.1) is 0 Å². The average molecular weight is 492 g/mol. The maximum absolute atomic E-state index is 12.7. The van der Waals surface area contributed by atoms with Gasteiger partial charge in [-0.3, -0.25) is 14.9 Å². The van der Waals surface area contributed by atoms with Crippen LogP contribution < -0.4 is 20.1 Å². The monoisotopic (exact) mass is 491 g/mol. The lowest BCUT2D eigenvalue weighted by molar-refractivity contribution is -0.128. The van der Waals surface area contributed by atoms with Crippen molar-refractivity contribution >= 4 is 34.8 Å². The minimum absolute atomic E-state index is 0.0704. The molecule has 0 radical (unpaired) electrons. The van der Waals surface area contributed by atoms with Gasteiger partial charge in [-0.25, -0.2) is 0 Å². The molecule has 0 bridgehead atoms. The first-order valence-electron chi connectivity index (χ1n) is 11.2. The van der Waals surface area contributed by atoms with Gasteiger partial charge in [0.25, 0.3) is 5.91 Å². The van der Waals surface area contributed by atoms with Gasteiger partial charge in [0.15, 0.2) is 5.11 Å². The summed E-state index contributed by atoms with van der Waals surface area (Å²) in [5.74, 6) is 1.06. The molecule has 0 unspecified atom stereocenters. The average Bonchev–Trinajstić information content (AvgIpc) is 2.86. The first kappa shape index (κ1) is 25.7. The van der Waals surface area contributed by atoms with Gasteiger partial charge in [-0.15, -0.1) is 0 Å². The van der Waals surface area contributed by atoms with Crippen LogP contribution in [0.5, 0.6) is 11.5 Å². The van der Waals surface area contributed by atoms with Crippen LogP contribution in [0.2, 0.25) is 0 Å². The summed E-state index contributed by atoms with van der Waals surface area (Å²) in [6.07, 6.45) is 1.04. The van der Waals surface area contributed by atoms with Gasteiger partial charge < -0.3 is 19.7 Å². The second-order valence-electron chi connectivity index (χ2n) is 7.93. The predicted octanol–water partition coefficient (Wildman–Crippen LogP) is 4.29. The molecular formula is C27H29N3O4S. The van der Waals surface area contributed by atoms with Crippen LogP contribution in [0.3, 0.4) is 0 Å². The number of para-hydroxylation sites is 1. The van der Waals surface area contributed by atoms with Gasteiger partial charge >= 0.3 is 0 Å². The number of rotatable bonds is 10. The van der Waals surface area contributed by atoms with E-state index in [0.717, 1.165) is 17.0 Å². The van der Waals surface area contributed by atoms with Crippen molar-refractivity contribution in [1.29, 1.82) is 0 Å². The second-order valence-corrected chi connectivity index (χ2v) is 8.34. The number of carbonyl (C=O) groups is 2. The molecule has 0 saturated carbocycles. The van der Waals surface area contributed by atoms with E-state index in [0.29, 0.717) is 37.4 Å². The standard InChI is InChI=1S/C27H29N3O4S/c1-30(2)25(31)15-14-20-8-6-10-22(18-20)28-27(35)29-26(32)21-9-7-13-24(19-21)34-17-16-33-23-11-4-3-5-12-23/h3-13,18-19H,14-17H2,1-2H3,(H2,28,29,32,35). The van der Waals surface area contributed by atoms with E-state index in [1.807, 2.05) is 54.6 Å². The lowest BCUT2D eigenvalue weighted by atomic mass is 10.1. The molecule has 7 nitrogen and oxygen atoms in total. The molecule has 0 heterocycles. The number of carbonyl (C=O) groups excluding carboxylic acids is 2. The van der Waals surface area contributed by atoms with Crippen molar-refractivity contribution in [3.63, 3.8) is 0 Å². The highest BCUT2D eigenvalue weighted by atomic mass is 32.1. The van der Waals surface area contributed by atoms with Crippen LogP contribution in [0.1, 0.15) is 22.3 Å². The molecule has 3 rings (SSSR count). The van der Waals surface area contributed by atoms with Crippen LogP contribution in [0.15, 0.2) is 78.9 Å². The van der Waals surface area contributed by atoms with Crippen molar-refractivity contribution in [2.24, 2.45) is 0 Å². The number of hydrogen-bond donors (Lipinski definition) is 2. The zero-order valence-electron chi connectivity index (χ0n) is 19.8. The van der Waals surface area contributed by atoms with E-state index in [9.17, 15) is 9.59 Å². The molecule has 3 aromatic rings. The first-order chi connectivity index (χ1) is 16.9. The third-order valence-electron chi connectivity index (χ3n) is 5.00. The number of ether oxygens (including phenoxy) is 2. The van der Waals surface area contributed by atoms with Crippen molar-refractivity contribution < 1.29 is 19.1 Å². The van der Waals surface area contributed by atoms with Crippen molar-refractivity contribution in [1.82, 2.24) is 10.2 Å². The van der Waals surface area contributed by atoms with Gasteiger partial charge in [0.2, 0.25) is 5.91 Å². The van der Waals surface area contributed by atoms with Gasteiger partial charge in [-0.2, -0.15) is 0 Å². The summed E-state index contributed by atoms with van der Waals surface area (Å²) in [7, 11) is 3.48. The van der Waals surface area contributed by atoms with Crippen LogP contribution in [-0.4, -0.2) is 49.1 Å². The van der Waals surface area contributed by atoms with Crippen LogP contribution in [0.25, 0.3) is 0 Å². The van der Waals surface area contributed by atoms with E-state index >= 15 is 0 Å². The van der Waals surface area contributed by atoms with E-state index < -0.39 is 0 Å². The molecule has 0 fully saturated rings. The fourth-order valence-electron chi connectivity index (χ4n) is 3.18. The molecule has 35 heavy (non-hydrogen) atoms. The Labute approximate surface area is 211 Å². The van der Waals surface area contributed by atoms with Crippen LogP contribution >= 0.6 is 12.2 Å². The van der Waals surface area contributed by atoms with Crippen molar-refractivity contribution in [2.75, 3.05) is 32.6 Å². The number of aryl methyl sites for hydroxylation is 1. The minimum Gasteiger partial charge on any atom is -0.490 e.